The molecule has 0 heterocycles. The number of nitrogen functional groups attached to an aromatic ring is 2. The fourth-order valence-corrected chi connectivity index (χ4v) is 3.23. The molecule has 0 saturated carbocycles. The third-order valence-corrected chi connectivity index (χ3v) is 4.68. The molecule has 0 radical (unpaired) electrons. The molecule has 1 amide bonds. The molecule has 140 valence electrons. The number of hydroxylamine groups is 1. The number of nitrogens with one attached hydrogen (secondary N) is 1. The summed E-state index contributed by atoms with van der Waals surface area (Å²) in [7, 11) is 0. The monoisotopic (exact) mass is 355 g/mol. The van der Waals surface area contributed by atoms with Gasteiger partial charge in [0.25, 0.3) is 5.91 Å². The predicted octanol–water partition coefficient (Wildman–Crippen LogP) is 4.54. The first-order valence-corrected chi connectivity index (χ1v) is 9.30. The van der Waals surface area contributed by atoms with Crippen LogP contribution in [0.15, 0.2) is 36.4 Å². The Morgan fingerprint density at radius 3 is 2.27 bits per heavy atom. The summed E-state index contributed by atoms with van der Waals surface area (Å²) >= 11 is 0. The number of anilines is 2. The fourth-order valence-electron chi connectivity index (χ4n) is 3.23. The lowest BCUT2D eigenvalue weighted by molar-refractivity contribution is 0.0706. The van der Waals surface area contributed by atoms with Crippen LogP contribution in [-0.4, -0.2) is 11.1 Å². The molecule has 0 fully saturated rings. The van der Waals surface area contributed by atoms with Crippen molar-refractivity contribution in [3.05, 3.63) is 47.5 Å². The highest BCUT2D eigenvalue weighted by molar-refractivity contribution is 6.03. The van der Waals surface area contributed by atoms with Crippen LogP contribution >= 0.6 is 0 Å². The highest BCUT2D eigenvalue weighted by Crippen LogP contribution is 2.31. The maximum absolute atomic E-state index is 12.4. The molecule has 26 heavy (non-hydrogen) atoms. The number of carbonyl (C=O) groups is 1. The first-order valence-electron chi connectivity index (χ1n) is 9.30. The first kappa shape index (κ1) is 19.8. The van der Waals surface area contributed by atoms with Crippen LogP contribution in [0.2, 0.25) is 0 Å². The molecule has 2 aromatic rings. The Labute approximate surface area is 155 Å². The van der Waals surface area contributed by atoms with E-state index in [-0.39, 0.29) is 0 Å². The third kappa shape index (κ3) is 4.99. The van der Waals surface area contributed by atoms with Crippen LogP contribution in [0, 0.1) is 0 Å². The van der Waals surface area contributed by atoms with E-state index in [0.29, 0.717) is 23.4 Å². The van der Waals surface area contributed by atoms with Crippen molar-refractivity contribution in [3.63, 3.8) is 0 Å². The molecular formula is C21H29N3O2. The molecule has 0 aliphatic carbocycles. The minimum absolute atomic E-state index is 0.436. The number of rotatable bonds is 9. The molecule has 0 spiro atoms. The van der Waals surface area contributed by atoms with E-state index < -0.39 is 5.91 Å². The second-order valence-corrected chi connectivity index (χ2v) is 6.64. The van der Waals surface area contributed by atoms with Crippen LogP contribution < -0.4 is 16.9 Å². The van der Waals surface area contributed by atoms with Gasteiger partial charge in [-0.15, -0.1) is 0 Å². The number of unbranched alkanes of at least 4 members (excludes halogenated alkanes) is 5. The summed E-state index contributed by atoms with van der Waals surface area (Å²) in [5, 5.41) is 9.23. The summed E-state index contributed by atoms with van der Waals surface area (Å²) < 4.78 is 0. The zero-order valence-corrected chi connectivity index (χ0v) is 15.4. The first-order chi connectivity index (χ1) is 12.6. The van der Waals surface area contributed by atoms with Gasteiger partial charge in [-0.25, -0.2) is 5.48 Å². The molecule has 0 bridgehead atoms. The van der Waals surface area contributed by atoms with E-state index in [4.69, 9.17) is 11.5 Å². The average molecular weight is 355 g/mol. The Bertz CT molecular complexity index is 727. The molecular weight excluding hydrogens is 326 g/mol. The van der Waals surface area contributed by atoms with E-state index in [2.05, 4.69) is 6.92 Å². The quantitative estimate of drug-likeness (QED) is 0.229. The molecule has 6 N–H and O–H groups in total. The predicted molar refractivity (Wildman–Crippen MR) is 107 cm³/mol. The molecule has 2 aromatic carbocycles. The summed E-state index contributed by atoms with van der Waals surface area (Å²) in [6, 6.07) is 11.0. The van der Waals surface area contributed by atoms with Crippen molar-refractivity contribution in [2.45, 2.75) is 51.9 Å². The Balaban J connectivity index is 2.29. The van der Waals surface area contributed by atoms with E-state index >= 15 is 0 Å². The van der Waals surface area contributed by atoms with E-state index in [0.717, 1.165) is 29.5 Å². The summed E-state index contributed by atoms with van der Waals surface area (Å²) in [4.78, 5) is 12.4. The van der Waals surface area contributed by atoms with Gasteiger partial charge in [0.05, 0.1) is 5.56 Å². The number of nitrogens with two attached hydrogens (primary N) is 2. The van der Waals surface area contributed by atoms with E-state index in [1.54, 1.807) is 17.6 Å². The Hall–Kier alpha value is -2.53. The van der Waals surface area contributed by atoms with E-state index in [1.165, 1.54) is 25.7 Å². The maximum Gasteiger partial charge on any atom is 0.275 e. The molecule has 0 aliphatic heterocycles. The molecule has 0 atom stereocenters. The van der Waals surface area contributed by atoms with Crippen molar-refractivity contribution in [1.29, 1.82) is 0 Å². The van der Waals surface area contributed by atoms with Gasteiger partial charge in [-0.2, -0.15) is 0 Å². The third-order valence-electron chi connectivity index (χ3n) is 4.68. The van der Waals surface area contributed by atoms with Crippen LogP contribution in [-0.2, 0) is 6.42 Å². The van der Waals surface area contributed by atoms with Gasteiger partial charge in [0.15, 0.2) is 0 Å². The summed E-state index contributed by atoms with van der Waals surface area (Å²) in [5.41, 5.74) is 17.8. The van der Waals surface area contributed by atoms with Gasteiger partial charge in [-0.1, -0.05) is 57.2 Å². The molecule has 2 rings (SSSR count). The van der Waals surface area contributed by atoms with Crippen LogP contribution in [0.4, 0.5) is 11.4 Å². The number of amides is 1. The van der Waals surface area contributed by atoms with Crippen molar-refractivity contribution in [1.82, 2.24) is 5.48 Å². The normalized spacial score (nSPS) is 10.7. The Morgan fingerprint density at radius 2 is 1.62 bits per heavy atom. The lowest BCUT2D eigenvalue weighted by Gasteiger charge is -2.16. The van der Waals surface area contributed by atoms with Gasteiger partial charge in [-0.05, 0) is 47.7 Å². The molecule has 0 aliphatic rings. The van der Waals surface area contributed by atoms with Crippen LogP contribution in [0.1, 0.15) is 61.4 Å². The highest BCUT2D eigenvalue weighted by atomic mass is 16.5. The van der Waals surface area contributed by atoms with Crippen molar-refractivity contribution in [2.75, 3.05) is 11.5 Å². The molecule has 5 nitrogen and oxygen atoms in total. The lowest BCUT2D eigenvalue weighted by Crippen LogP contribution is -2.22. The largest absolute Gasteiger partial charge is 0.399 e. The van der Waals surface area contributed by atoms with E-state index in [9.17, 15) is 10.0 Å². The standard InChI is InChI=1S/C21H29N3O2/c1-2-3-4-5-6-7-8-18-19(23)14-13-17(20(18)21(25)24-26)15-9-11-16(22)12-10-15/h9-14,26H,2-8,22-23H2,1H3,(H,24,25). The summed E-state index contributed by atoms with van der Waals surface area (Å²) in [6.07, 6.45) is 7.68. The second kappa shape index (κ2) is 9.82. The minimum atomic E-state index is -0.537. The Morgan fingerprint density at radius 1 is 0.962 bits per heavy atom. The fraction of sp³-hybridized carbons (Fsp3) is 0.381. The summed E-state index contributed by atoms with van der Waals surface area (Å²) in [5.74, 6) is -0.537. The van der Waals surface area contributed by atoms with Crippen molar-refractivity contribution < 1.29 is 10.0 Å². The molecule has 0 unspecified atom stereocenters. The van der Waals surface area contributed by atoms with Crippen molar-refractivity contribution in [2.24, 2.45) is 0 Å². The second-order valence-electron chi connectivity index (χ2n) is 6.64. The topological polar surface area (TPSA) is 101 Å². The van der Waals surface area contributed by atoms with Gasteiger partial charge >= 0.3 is 0 Å². The van der Waals surface area contributed by atoms with Gasteiger partial charge in [0.2, 0.25) is 0 Å². The van der Waals surface area contributed by atoms with Gasteiger partial charge in [0.1, 0.15) is 0 Å². The zero-order valence-electron chi connectivity index (χ0n) is 15.4. The van der Waals surface area contributed by atoms with E-state index in [1.807, 2.05) is 24.3 Å². The van der Waals surface area contributed by atoms with Crippen LogP contribution in [0.25, 0.3) is 11.1 Å². The van der Waals surface area contributed by atoms with Gasteiger partial charge in [-0.3, -0.25) is 10.0 Å². The summed E-state index contributed by atoms with van der Waals surface area (Å²) in [6.45, 7) is 2.20. The molecule has 0 aromatic heterocycles. The van der Waals surface area contributed by atoms with Gasteiger partial charge in [0, 0.05) is 11.4 Å². The van der Waals surface area contributed by atoms with Gasteiger partial charge < -0.3 is 11.5 Å². The number of carbonyl (C=O) groups excluding carboxylic acids is 1. The minimum Gasteiger partial charge on any atom is -0.399 e. The van der Waals surface area contributed by atoms with Crippen LogP contribution in [0.3, 0.4) is 0 Å². The van der Waals surface area contributed by atoms with Crippen molar-refractivity contribution >= 4 is 17.3 Å². The highest BCUT2D eigenvalue weighted by Gasteiger charge is 2.19. The SMILES string of the molecule is CCCCCCCCc1c(N)ccc(-c2ccc(N)cc2)c1C(=O)NO. The maximum atomic E-state index is 12.4. The molecule has 5 heteroatoms. The van der Waals surface area contributed by atoms with Crippen LogP contribution in [0.5, 0.6) is 0 Å². The van der Waals surface area contributed by atoms with Crippen molar-refractivity contribution in [3.8, 4) is 11.1 Å². The Kier molecular flexibility index (Phi) is 7.48. The smallest absolute Gasteiger partial charge is 0.275 e. The molecule has 0 saturated heterocycles. The zero-order chi connectivity index (χ0) is 18.9. The lowest BCUT2D eigenvalue weighted by atomic mass is 9.90. The number of hydrogen-bond donors (Lipinski definition) is 4. The number of benzene rings is 2. The average Bonchev–Trinajstić information content (AvgIpc) is 2.65. The number of hydrogen-bond acceptors (Lipinski definition) is 4.